The minimum Gasteiger partial charge on any atom is -0.201 e. The summed E-state index contributed by atoms with van der Waals surface area (Å²) >= 11 is 0. The molecule has 0 N–H and O–H groups in total. The van der Waals surface area contributed by atoms with Crippen molar-refractivity contribution in [3.8, 4) is 22.4 Å². The molecule has 1 aliphatic carbocycles. The molecule has 0 bridgehead atoms. The Bertz CT molecular complexity index is 1340. The van der Waals surface area contributed by atoms with E-state index in [0.717, 1.165) is 0 Å². The first-order valence-electron chi connectivity index (χ1n) is 12.0. The van der Waals surface area contributed by atoms with Crippen LogP contribution in [-0.4, -0.2) is 0 Å². The fourth-order valence-corrected chi connectivity index (χ4v) is 5.71. The van der Waals surface area contributed by atoms with Crippen LogP contribution in [0.5, 0.6) is 0 Å². The molecule has 1 nitrogen and oxygen atoms in total. The van der Waals surface area contributed by atoms with E-state index in [0.29, 0.717) is 11.8 Å². The molecule has 166 valence electrons. The van der Waals surface area contributed by atoms with E-state index in [9.17, 15) is 0 Å². The lowest BCUT2D eigenvalue weighted by Crippen LogP contribution is -2.30. The molecule has 0 saturated carbocycles. The van der Waals surface area contributed by atoms with Gasteiger partial charge < -0.3 is 0 Å². The zero-order valence-electron chi connectivity index (χ0n) is 20.7. The second kappa shape index (κ2) is 7.99. The number of hydrogen-bond donors (Lipinski definition) is 0. The second-order valence-electron chi connectivity index (χ2n) is 10.7. The van der Waals surface area contributed by atoms with Gasteiger partial charge in [-0.25, -0.2) is 4.57 Å². The molecule has 4 aromatic rings. The maximum absolute atomic E-state index is 2.47. The predicted octanol–water partition coefficient (Wildman–Crippen LogP) is 7.80. The zero-order valence-corrected chi connectivity index (χ0v) is 20.7. The third-order valence-electron chi connectivity index (χ3n) is 7.41. The van der Waals surface area contributed by atoms with Gasteiger partial charge in [0.1, 0.15) is 7.05 Å². The topological polar surface area (TPSA) is 3.88 Å². The van der Waals surface area contributed by atoms with Crippen LogP contribution in [0.3, 0.4) is 0 Å². The number of pyridine rings is 1. The molecular formula is C32H34N+. The molecule has 5 rings (SSSR count). The van der Waals surface area contributed by atoms with E-state index in [1.165, 1.54) is 50.2 Å². The summed E-state index contributed by atoms with van der Waals surface area (Å²) in [6, 6.07) is 29.4. The Labute approximate surface area is 198 Å². The summed E-state index contributed by atoms with van der Waals surface area (Å²) in [7, 11) is 2.13. The fraction of sp³-hybridized carbons (Fsp3) is 0.281. The Morgan fingerprint density at radius 3 is 2.06 bits per heavy atom. The number of benzene rings is 3. The average molecular weight is 433 g/mol. The molecule has 2 atom stereocenters. The number of hydrogen-bond acceptors (Lipinski definition) is 0. The molecule has 3 aromatic carbocycles. The highest BCUT2D eigenvalue weighted by Gasteiger charge is 2.36. The van der Waals surface area contributed by atoms with E-state index in [1.54, 1.807) is 0 Å². The van der Waals surface area contributed by atoms with Crippen LogP contribution >= 0.6 is 0 Å². The summed E-state index contributed by atoms with van der Waals surface area (Å²) in [5.41, 5.74) is 12.5. The van der Waals surface area contributed by atoms with Crippen molar-refractivity contribution in [1.82, 2.24) is 0 Å². The lowest BCUT2D eigenvalue weighted by Gasteiger charge is -2.40. The van der Waals surface area contributed by atoms with Gasteiger partial charge in [-0.3, -0.25) is 0 Å². The SMILES string of the molecule is Cc1ccccc1-c1cc(-c2ccc3c(c2)C(C(C)(C)C)c2ccccc2C3C)cc[n+]1C. The maximum Gasteiger partial charge on any atom is 0.213 e. The standard InChI is InChI=1S/C32H34N/c1-21-11-7-8-12-25(21)30-20-24(17-18-33(30)6)23-15-16-27-22(2)26-13-9-10-14-28(26)31(29(27)19-23)32(3,4)5/h7-20,22,31H,1-6H3/q+1. The third-order valence-corrected chi connectivity index (χ3v) is 7.41. The minimum absolute atomic E-state index is 0.138. The summed E-state index contributed by atoms with van der Waals surface area (Å²) in [4.78, 5) is 0. The highest BCUT2D eigenvalue weighted by Crippen LogP contribution is 2.51. The van der Waals surface area contributed by atoms with Gasteiger partial charge in [-0.05, 0) is 57.3 Å². The summed E-state index contributed by atoms with van der Waals surface area (Å²) in [5, 5.41) is 0. The molecule has 0 fully saturated rings. The van der Waals surface area contributed by atoms with Gasteiger partial charge in [-0.15, -0.1) is 0 Å². The third kappa shape index (κ3) is 3.70. The molecular weight excluding hydrogens is 398 g/mol. The van der Waals surface area contributed by atoms with Crippen LogP contribution in [-0.2, 0) is 7.05 Å². The van der Waals surface area contributed by atoms with Crippen molar-refractivity contribution >= 4 is 0 Å². The normalized spacial score (nSPS) is 17.4. The molecule has 1 aromatic heterocycles. The highest BCUT2D eigenvalue weighted by atomic mass is 14.9. The van der Waals surface area contributed by atoms with Crippen molar-refractivity contribution < 1.29 is 4.57 Å². The number of aromatic nitrogens is 1. The van der Waals surface area contributed by atoms with Gasteiger partial charge in [-0.2, -0.15) is 0 Å². The molecule has 0 radical (unpaired) electrons. The van der Waals surface area contributed by atoms with Crippen LogP contribution in [0.1, 0.15) is 67.3 Å². The van der Waals surface area contributed by atoms with E-state index in [-0.39, 0.29) is 5.41 Å². The lowest BCUT2D eigenvalue weighted by atomic mass is 9.64. The molecule has 0 saturated heterocycles. The lowest BCUT2D eigenvalue weighted by molar-refractivity contribution is -0.660. The Balaban J connectivity index is 1.67. The van der Waals surface area contributed by atoms with Gasteiger partial charge in [0.15, 0.2) is 6.20 Å². The monoisotopic (exact) mass is 432 g/mol. The van der Waals surface area contributed by atoms with Crippen LogP contribution in [0.4, 0.5) is 0 Å². The van der Waals surface area contributed by atoms with Gasteiger partial charge in [0.25, 0.3) is 0 Å². The largest absolute Gasteiger partial charge is 0.213 e. The van der Waals surface area contributed by atoms with Crippen LogP contribution < -0.4 is 4.57 Å². The number of aryl methyl sites for hydroxylation is 2. The Morgan fingerprint density at radius 1 is 0.697 bits per heavy atom. The molecule has 0 amide bonds. The first-order valence-corrected chi connectivity index (χ1v) is 12.0. The van der Waals surface area contributed by atoms with Crippen LogP contribution in [0.2, 0.25) is 0 Å². The summed E-state index contributed by atoms with van der Waals surface area (Å²) in [6.45, 7) is 11.7. The van der Waals surface area contributed by atoms with Gasteiger partial charge in [-0.1, -0.05) is 88.4 Å². The molecule has 2 unspecified atom stereocenters. The average Bonchev–Trinajstić information content (AvgIpc) is 2.79. The van der Waals surface area contributed by atoms with E-state index < -0.39 is 0 Å². The number of fused-ring (bicyclic) bond motifs is 2. The molecule has 0 spiro atoms. The maximum atomic E-state index is 2.47. The van der Waals surface area contributed by atoms with Crippen molar-refractivity contribution in [1.29, 1.82) is 0 Å². The molecule has 1 heteroatoms. The second-order valence-corrected chi connectivity index (χ2v) is 10.7. The molecule has 1 heterocycles. The van der Waals surface area contributed by atoms with Crippen molar-refractivity contribution in [2.75, 3.05) is 0 Å². The zero-order chi connectivity index (χ0) is 23.3. The summed E-state index contributed by atoms with van der Waals surface area (Å²) in [6.07, 6.45) is 2.19. The van der Waals surface area contributed by atoms with Crippen LogP contribution in [0, 0.1) is 12.3 Å². The predicted molar refractivity (Wildman–Crippen MR) is 138 cm³/mol. The highest BCUT2D eigenvalue weighted by molar-refractivity contribution is 5.72. The van der Waals surface area contributed by atoms with E-state index in [2.05, 4.69) is 131 Å². The fourth-order valence-electron chi connectivity index (χ4n) is 5.71. The molecule has 33 heavy (non-hydrogen) atoms. The van der Waals surface area contributed by atoms with Gasteiger partial charge in [0.2, 0.25) is 5.69 Å². The van der Waals surface area contributed by atoms with Crippen LogP contribution in [0.15, 0.2) is 85.1 Å². The van der Waals surface area contributed by atoms with E-state index in [4.69, 9.17) is 0 Å². The first-order chi connectivity index (χ1) is 15.8. The molecule has 0 aliphatic heterocycles. The van der Waals surface area contributed by atoms with Crippen molar-refractivity contribution in [3.63, 3.8) is 0 Å². The van der Waals surface area contributed by atoms with Crippen molar-refractivity contribution in [3.05, 3.63) is 113 Å². The Morgan fingerprint density at radius 2 is 1.33 bits per heavy atom. The van der Waals surface area contributed by atoms with Gasteiger partial charge in [0.05, 0.1) is 0 Å². The number of rotatable bonds is 2. The van der Waals surface area contributed by atoms with E-state index >= 15 is 0 Å². The quantitative estimate of drug-likeness (QED) is 0.285. The summed E-state index contributed by atoms with van der Waals surface area (Å²) < 4.78 is 2.22. The Hall–Kier alpha value is -3.19. The molecule has 1 aliphatic rings. The van der Waals surface area contributed by atoms with Crippen LogP contribution in [0.25, 0.3) is 22.4 Å². The van der Waals surface area contributed by atoms with Gasteiger partial charge in [0, 0.05) is 29.5 Å². The minimum atomic E-state index is 0.138. The summed E-state index contributed by atoms with van der Waals surface area (Å²) in [5.74, 6) is 0.801. The van der Waals surface area contributed by atoms with Crippen molar-refractivity contribution in [2.45, 2.75) is 46.5 Å². The van der Waals surface area contributed by atoms with Crippen molar-refractivity contribution in [2.24, 2.45) is 12.5 Å². The Kier molecular flexibility index (Phi) is 5.24. The first kappa shape index (κ1) is 21.6. The smallest absolute Gasteiger partial charge is 0.201 e. The van der Waals surface area contributed by atoms with E-state index in [1.807, 2.05) is 0 Å². The number of nitrogens with zero attached hydrogens (tertiary/aromatic N) is 1. The van der Waals surface area contributed by atoms with Gasteiger partial charge >= 0.3 is 0 Å².